The fourth-order valence-electron chi connectivity index (χ4n) is 6.16. The highest BCUT2D eigenvalue weighted by atomic mass is 19.1. The summed E-state index contributed by atoms with van der Waals surface area (Å²) in [4.78, 5) is 10.2. The Morgan fingerprint density at radius 3 is 2.83 bits per heavy atom. The summed E-state index contributed by atoms with van der Waals surface area (Å²) in [6.07, 6.45) is 5.88. The van der Waals surface area contributed by atoms with Gasteiger partial charge in [0.1, 0.15) is 17.7 Å². The van der Waals surface area contributed by atoms with Gasteiger partial charge in [0.2, 0.25) is 0 Å². The maximum atomic E-state index is 15.8. The van der Waals surface area contributed by atoms with Crippen molar-refractivity contribution in [3.05, 3.63) is 53.1 Å². The number of aromatic amines is 1. The third kappa shape index (κ3) is 4.63. The number of alkyl halides is 1. The fraction of sp³-hybridized carbons (Fsp3) is 0.577. The number of nitrogens with zero attached hydrogens (tertiary/aromatic N) is 2. The number of imidazole rings is 1. The quantitative estimate of drug-likeness (QED) is 0.339. The predicted molar refractivity (Wildman–Crippen MR) is 131 cm³/mol. The lowest BCUT2D eigenvalue weighted by molar-refractivity contribution is 0.135. The SMILES string of the molecule is CCc1cc(O)ccc1C1CCC2C(c3ncc(C4=C[C@H](CO)N(CCCO)C4)[nH]3)NNC2C1F. The van der Waals surface area contributed by atoms with E-state index in [2.05, 4.69) is 31.8 Å². The molecule has 1 aromatic carbocycles. The Balaban J connectivity index is 1.29. The number of aliphatic hydroxyl groups is 2. The zero-order chi connectivity index (χ0) is 24.5. The molecule has 2 fully saturated rings. The van der Waals surface area contributed by atoms with E-state index in [1.807, 2.05) is 19.2 Å². The second-order valence-corrected chi connectivity index (χ2v) is 9.99. The van der Waals surface area contributed by atoms with Gasteiger partial charge in [-0.05, 0) is 54.5 Å². The maximum Gasteiger partial charge on any atom is 0.125 e. The normalized spacial score (nSPS) is 31.0. The average Bonchev–Trinajstić information content (AvgIpc) is 3.61. The van der Waals surface area contributed by atoms with E-state index in [1.165, 1.54) is 0 Å². The van der Waals surface area contributed by atoms with Gasteiger partial charge in [0.05, 0.1) is 36.6 Å². The summed E-state index contributed by atoms with van der Waals surface area (Å²) >= 11 is 0. The van der Waals surface area contributed by atoms with Gasteiger partial charge >= 0.3 is 0 Å². The van der Waals surface area contributed by atoms with Crippen molar-refractivity contribution in [3.63, 3.8) is 0 Å². The molecule has 0 radical (unpaired) electrons. The van der Waals surface area contributed by atoms with Crippen LogP contribution >= 0.6 is 0 Å². The Hall–Kier alpha value is -2.30. The Morgan fingerprint density at radius 1 is 1.20 bits per heavy atom. The molecule has 0 bridgehead atoms. The molecule has 0 amide bonds. The number of hydrogen-bond acceptors (Lipinski definition) is 7. The van der Waals surface area contributed by atoms with Crippen LogP contribution in [-0.4, -0.2) is 74.7 Å². The number of rotatable bonds is 8. The number of benzene rings is 1. The van der Waals surface area contributed by atoms with Crippen LogP contribution in [0.25, 0.3) is 5.57 Å². The summed E-state index contributed by atoms with van der Waals surface area (Å²) in [7, 11) is 0. The molecular weight excluding hydrogens is 449 g/mol. The van der Waals surface area contributed by atoms with E-state index in [0.29, 0.717) is 13.0 Å². The van der Waals surface area contributed by atoms with Crippen molar-refractivity contribution >= 4 is 5.57 Å². The monoisotopic (exact) mass is 485 g/mol. The molecule has 1 aromatic heterocycles. The smallest absolute Gasteiger partial charge is 0.125 e. The van der Waals surface area contributed by atoms with Gasteiger partial charge in [0.15, 0.2) is 0 Å². The van der Waals surface area contributed by atoms with E-state index >= 15 is 4.39 Å². The van der Waals surface area contributed by atoms with Gasteiger partial charge in [0.25, 0.3) is 0 Å². The van der Waals surface area contributed by atoms with E-state index in [1.54, 1.807) is 12.1 Å². The van der Waals surface area contributed by atoms with Crippen molar-refractivity contribution in [1.82, 2.24) is 25.7 Å². The molecule has 2 aliphatic heterocycles. The zero-order valence-electron chi connectivity index (χ0n) is 20.1. The molecule has 5 rings (SSSR count). The van der Waals surface area contributed by atoms with Gasteiger partial charge in [0, 0.05) is 31.5 Å². The second kappa shape index (κ2) is 10.4. The highest BCUT2D eigenvalue weighted by Crippen LogP contribution is 2.45. The molecule has 5 unspecified atom stereocenters. The molecule has 3 aliphatic rings. The third-order valence-electron chi connectivity index (χ3n) is 8.00. The van der Waals surface area contributed by atoms with Crippen molar-refractivity contribution in [2.24, 2.45) is 5.92 Å². The lowest BCUT2D eigenvalue weighted by Gasteiger charge is -2.36. The number of fused-ring (bicyclic) bond motifs is 1. The summed E-state index contributed by atoms with van der Waals surface area (Å²) in [5.74, 6) is 0.894. The number of phenols is 1. The summed E-state index contributed by atoms with van der Waals surface area (Å²) in [6, 6.07) is 4.80. The van der Waals surface area contributed by atoms with Crippen molar-refractivity contribution < 1.29 is 19.7 Å². The highest BCUT2D eigenvalue weighted by Gasteiger charge is 2.48. The van der Waals surface area contributed by atoms with Gasteiger partial charge in [-0.25, -0.2) is 14.8 Å². The molecule has 1 aliphatic carbocycles. The number of H-pyrrole nitrogens is 1. The van der Waals surface area contributed by atoms with E-state index in [9.17, 15) is 10.2 Å². The minimum Gasteiger partial charge on any atom is -0.508 e. The number of hydrogen-bond donors (Lipinski definition) is 6. The molecule has 2 aromatic rings. The van der Waals surface area contributed by atoms with Gasteiger partial charge in [-0.2, -0.15) is 0 Å². The lowest BCUT2D eigenvalue weighted by Crippen LogP contribution is -2.45. The Morgan fingerprint density at radius 2 is 2.06 bits per heavy atom. The maximum absolute atomic E-state index is 15.8. The van der Waals surface area contributed by atoms with Crippen LogP contribution in [0.5, 0.6) is 5.75 Å². The summed E-state index contributed by atoms with van der Waals surface area (Å²) < 4.78 is 15.8. The largest absolute Gasteiger partial charge is 0.508 e. The minimum absolute atomic E-state index is 0.0353. The van der Waals surface area contributed by atoms with Crippen LogP contribution in [-0.2, 0) is 6.42 Å². The molecule has 1 saturated heterocycles. The first kappa shape index (κ1) is 24.4. The van der Waals surface area contributed by atoms with Crippen molar-refractivity contribution in [2.75, 3.05) is 26.3 Å². The Bertz CT molecular complexity index is 1060. The van der Waals surface area contributed by atoms with Gasteiger partial charge < -0.3 is 20.3 Å². The number of phenolic OH excluding ortho intramolecular Hbond substituents is 1. The number of aliphatic hydroxyl groups excluding tert-OH is 2. The highest BCUT2D eigenvalue weighted by molar-refractivity contribution is 5.66. The average molecular weight is 486 g/mol. The first-order valence-electron chi connectivity index (χ1n) is 12.7. The number of nitrogens with one attached hydrogen (secondary N) is 3. The van der Waals surface area contributed by atoms with Gasteiger partial charge in [-0.15, -0.1) is 0 Å². The number of aromatic nitrogens is 2. The van der Waals surface area contributed by atoms with Crippen LogP contribution in [0.4, 0.5) is 4.39 Å². The van der Waals surface area contributed by atoms with Crippen molar-refractivity contribution in [2.45, 2.75) is 62.8 Å². The van der Waals surface area contributed by atoms with Crippen LogP contribution in [0.3, 0.4) is 0 Å². The zero-order valence-corrected chi connectivity index (χ0v) is 20.1. The second-order valence-electron chi connectivity index (χ2n) is 9.99. The van der Waals surface area contributed by atoms with Crippen LogP contribution < -0.4 is 10.9 Å². The molecular formula is C26H36FN5O3. The van der Waals surface area contributed by atoms with Crippen LogP contribution in [0.1, 0.15) is 60.8 Å². The topological polar surface area (TPSA) is 117 Å². The van der Waals surface area contributed by atoms with Gasteiger partial charge in [-0.3, -0.25) is 10.3 Å². The fourth-order valence-corrected chi connectivity index (χ4v) is 6.16. The predicted octanol–water partition coefficient (Wildman–Crippen LogP) is 2.17. The lowest BCUT2D eigenvalue weighted by atomic mass is 9.71. The van der Waals surface area contributed by atoms with Crippen LogP contribution in [0, 0.1) is 5.92 Å². The summed E-state index contributed by atoms with van der Waals surface area (Å²) in [5, 5.41) is 28.7. The van der Waals surface area contributed by atoms with E-state index < -0.39 is 6.17 Å². The Labute approximate surface area is 205 Å². The molecule has 8 nitrogen and oxygen atoms in total. The molecule has 1 saturated carbocycles. The molecule has 0 spiro atoms. The molecule has 3 heterocycles. The minimum atomic E-state index is -1.04. The first-order chi connectivity index (χ1) is 17.0. The number of aryl methyl sites for hydroxylation is 1. The van der Waals surface area contributed by atoms with Crippen molar-refractivity contribution in [3.8, 4) is 5.75 Å². The van der Waals surface area contributed by atoms with Crippen LogP contribution in [0.2, 0.25) is 0 Å². The summed E-state index contributed by atoms with van der Waals surface area (Å²) in [6.45, 7) is 3.61. The van der Waals surface area contributed by atoms with Gasteiger partial charge in [-0.1, -0.05) is 19.1 Å². The molecule has 35 heavy (non-hydrogen) atoms. The Kier molecular flexibility index (Phi) is 7.22. The van der Waals surface area contributed by atoms with Crippen LogP contribution in [0.15, 0.2) is 30.5 Å². The van der Waals surface area contributed by atoms with Crippen molar-refractivity contribution in [1.29, 1.82) is 0 Å². The standard InChI is InChI=1S/C26H36FN5O3/c1-2-15-11-18(35)4-5-19(15)20-6-7-21-24(23(20)27)30-31-25(21)26-28-12-22(29-26)16-10-17(14-34)32(13-16)8-3-9-33/h4-5,10-12,17,20-21,23-25,30-31,33-35H,2-3,6-9,13-14H2,1H3,(H,28,29)/t17-,20?,21?,23?,24?,25?/m1/s1. The molecule has 9 heteroatoms. The number of halogens is 1. The third-order valence-corrected chi connectivity index (χ3v) is 8.00. The van der Waals surface area contributed by atoms with E-state index in [4.69, 9.17) is 5.11 Å². The molecule has 6 atom stereocenters. The number of hydrazine groups is 1. The van der Waals surface area contributed by atoms with E-state index in [0.717, 1.165) is 54.0 Å². The molecule has 6 N–H and O–H groups in total. The summed E-state index contributed by atoms with van der Waals surface area (Å²) in [5.41, 5.74) is 10.5. The first-order valence-corrected chi connectivity index (χ1v) is 12.7. The van der Waals surface area contributed by atoms with E-state index in [-0.39, 0.29) is 48.9 Å². The molecule has 190 valence electrons. The number of aromatic hydroxyl groups is 1.